The van der Waals surface area contributed by atoms with Crippen molar-refractivity contribution >= 4 is 37.9 Å². The van der Waals surface area contributed by atoms with Gasteiger partial charge in [-0.3, -0.25) is 9.69 Å². The number of ether oxygens (including phenoxy) is 6. The Balaban J connectivity index is 1.91. The van der Waals surface area contributed by atoms with Gasteiger partial charge >= 0.3 is 12.1 Å². The topological polar surface area (TPSA) is 119 Å². The zero-order valence-electron chi connectivity index (χ0n) is 32.1. The molecule has 11 nitrogen and oxygen atoms in total. The molecule has 50 heavy (non-hydrogen) atoms. The van der Waals surface area contributed by atoms with Gasteiger partial charge < -0.3 is 32.8 Å². The molecule has 0 N–H and O–H groups in total. The molecule has 1 aromatic carbocycles. The molecule has 0 radical (unpaired) electrons. The van der Waals surface area contributed by atoms with Gasteiger partial charge in [-0.1, -0.05) is 39.0 Å². The maximum Gasteiger partial charge on any atom is 0.414 e. The molecule has 2 saturated heterocycles. The van der Waals surface area contributed by atoms with Crippen LogP contribution < -0.4 is 9.33 Å². The number of benzene rings is 1. The van der Waals surface area contributed by atoms with Crippen LogP contribution in [0.2, 0.25) is 18.1 Å². The number of rotatable bonds is 5. The molecule has 0 bridgehead atoms. The Morgan fingerprint density at radius 1 is 0.940 bits per heavy atom. The number of fused-ring (bicyclic) bond motifs is 2. The number of nitrogens with zero attached hydrogens (tertiary/aromatic N) is 1. The number of carbonyl (C=O) groups is 3. The largest absolute Gasteiger partial charge is 0.543 e. The highest BCUT2D eigenvalue weighted by molar-refractivity contribution is 6.74. The third kappa shape index (κ3) is 10.1. The van der Waals surface area contributed by atoms with Crippen LogP contribution in [-0.4, -0.2) is 80.9 Å². The van der Waals surface area contributed by atoms with E-state index in [0.717, 1.165) is 0 Å². The summed E-state index contributed by atoms with van der Waals surface area (Å²) in [4.78, 5) is 42.7. The van der Waals surface area contributed by atoms with Crippen LogP contribution in [0.5, 0.6) is 5.75 Å². The monoisotopic (exact) mass is 715 g/mol. The second kappa shape index (κ2) is 14.5. The maximum atomic E-state index is 14.1. The number of esters is 1. The Kier molecular flexibility index (Phi) is 11.6. The molecule has 3 aliphatic rings. The first kappa shape index (κ1) is 39.7. The fraction of sp³-hybridized carbons (Fsp3) is 0.658. The van der Waals surface area contributed by atoms with Crippen LogP contribution in [0.3, 0.4) is 0 Å². The SMILES string of the molecule is C[C@H]1C/C=C\C(=O)[C@H]2OC(C)(C)O[C@H]2C/C=C/c2cc(N(CC3COC(C)(C)O3)C(=O)OC(C)(C)C)cc(O[Si](C)(C)C(C)(C)C)c2C(=O)O1. The van der Waals surface area contributed by atoms with E-state index < -0.39 is 62.0 Å². The summed E-state index contributed by atoms with van der Waals surface area (Å²) < 4.78 is 42.8. The van der Waals surface area contributed by atoms with E-state index in [1.54, 1.807) is 65.8 Å². The zero-order chi connectivity index (χ0) is 37.4. The minimum atomic E-state index is -2.55. The molecule has 3 heterocycles. The number of anilines is 1. The number of carbonyl (C=O) groups excluding carboxylic acids is 3. The Labute approximate surface area is 298 Å². The smallest absolute Gasteiger partial charge is 0.414 e. The lowest BCUT2D eigenvalue weighted by Crippen LogP contribution is -2.44. The van der Waals surface area contributed by atoms with Crippen molar-refractivity contribution in [2.24, 2.45) is 0 Å². The minimum absolute atomic E-state index is 0.125. The summed E-state index contributed by atoms with van der Waals surface area (Å²) in [6.07, 6.45) is 4.49. The van der Waals surface area contributed by atoms with Crippen LogP contribution in [0, 0.1) is 0 Å². The lowest BCUT2D eigenvalue weighted by atomic mass is 10.0. The molecule has 1 aromatic rings. The molecule has 1 amide bonds. The van der Waals surface area contributed by atoms with E-state index in [1.165, 1.54) is 11.0 Å². The molecule has 2 fully saturated rings. The van der Waals surface area contributed by atoms with Crippen molar-refractivity contribution in [2.45, 2.75) is 149 Å². The van der Waals surface area contributed by atoms with E-state index in [4.69, 9.17) is 32.8 Å². The molecule has 1 unspecified atom stereocenters. The summed E-state index contributed by atoms with van der Waals surface area (Å²) in [5.74, 6) is -2.24. The van der Waals surface area contributed by atoms with Gasteiger partial charge in [-0.05, 0) is 97.6 Å². The second-order valence-electron chi connectivity index (χ2n) is 16.8. The summed E-state index contributed by atoms with van der Waals surface area (Å²) in [5, 5.41) is -0.213. The van der Waals surface area contributed by atoms with Gasteiger partial charge in [-0.2, -0.15) is 0 Å². The highest BCUT2D eigenvalue weighted by Gasteiger charge is 2.44. The van der Waals surface area contributed by atoms with Crippen molar-refractivity contribution < 1.29 is 47.2 Å². The van der Waals surface area contributed by atoms with Gasteiger partial charge in [0.2, 0.25) is 0 Å². The standard InChI is InChI=1S/C38H57NO10Si/c1-24-16-14-18-28(40)32-29(46-38(10,11)47-32)19-15-17-25-20-26(21-30(31(25)33(41)44-24)49-50(12,13)36(5,6)7)39(34(42)48-35(2,3)4)22-27-23-43-37(8,9)45-27/h14-15,17-18,20-21,24,27,29,32H,16,19,22-23H2,1-13H3/b17-15+,18-14-/t24-,27?,29-,32+/m0/s1. The van der Waals surface area contributed by atoms with E-state index in [1.807, 2.05) is 19.9 Å². The lowest BCUT2D eigenvalue weighted by molar-refractivity contribution is -0.152. The summed E-state index contributed by atoms with van der Waals surface area (Å²) in [6, 6.07) is 3.48. The highest BCUT2D eigenvalue weighted by Crippen LogP contribution is 2.41. The molecule has 4 rings (SSSR count). The zero-order valence-corrected chi connectivity index (χ0v) is 33.1. The molecule has 278 valence electrons. The maximum absolute atomic E-state index is 14.1. The van der Waals surface area contributed by atoms with Gasteiger partial charge in [-0.15, -0.1) is 0 Å². The van der Waals surface area contributed by atoms with Crippen molar-refractivity contribution in [1.29, 1.82) is 0 Å². The van der Waals surface area contributed by atoms with E-state index in [0.29, 0.717) is 29.8 Å². The summed E-state index contributed by atoms with van der Waals surface area (Å²) in [5.41, 5.74) is 0.378. The average molecular weight is 716 g/mol. The molecule has 0 saturated carbocycles. The fourth-order valence-electron chi connectivity index (χ4n) is 5.63. The van der Waals surface area contributed by atoms with Gasteiger partial charge in [0, 0.05) is 12.5 Å². The Hall–Kier alpha value is -3.03. The summed E-state index contributed by atoms with van der Waals surface area (Å²) >= 11 is 0. The first-order valence-electron chi connectivity index (χ1n) is 17.5. The quantitative estimate of drug-likeness (QED) is 0.219. The van der Waals surface area contributed by atoms with Crippen LogP contribution in [0.15, 0.2) is 30.4 Å². The predicted octanol–water partition coefficient (Wildman–Crippen LogP) is 7.96. The van der Waals surface area contributed by atoms with Crippen LogP contribution >= 0.6 is 0 Å². The number of ketones is 1. The molecule has 12 heteroatoms. The normalized spacial score (nSPS) is 27.0. The third-order valence-electron chi connectivity index (χ3n) is 9.06. The molecular weight excluding hydrogens is 659 g/mol. The number of hydrogen-bond donors (Lipinski definition) is 0. The second-order valence-corrected chi connectivity index (χ2v) is 21.5. The molecule has 0 spiro atoms. The van der Waals surface area contributed by atoms with Crippen LogP contribution in [0.4, 0.5) is 10.5 Å². The van der Waals surface area contributed by atoms with E-state index in [2.05, 4.69) is 33.9 Å². The first-order valence-corrected chi connectivity index (χ1v) is 20.4. The molecule has 0 aliphatic carbocycles. The Morgan fingerprint density at radius 2 is 1.60 bits per heavy atom. The van der Waals surface area contributed by atoms with Crippen molar-refractivity contribution in [2.75, 3.05) is 18.1 Å². The van der Waals surface area contributed by atoms with E-state index >= 15 is 0 Å². The van der Waals surface area contributed by atoms with Crippen molar-refractivity contribution in [3.8, 4) is 5.75 Å². The highest BCUT2D eigenvalue weighted by atomic mass is 28.4. The molecule has 3 aliphatic heterocycles. The van der Waals surface area contributed by atoms with Gasteiger partial charge in [0.25, 0.3) is 8.32 Å². The van der Waals surface area contributed by atoms with Gasteiger partial charge in [0.15, 0.2) is 17.4 Å². The number of cyclic esters (lactones) is 1. The van der Waals surface area contributed by atoms with Crippen LogP contribution in [0.1, 0.15) is 105 Å². The van der Waals surface area contributed by atoms with Crippen LogP contribution in [0.25, 0.3) is 6.08 Å². The minimum Gasteiger partial charge on any atom is -0.543 e. The first-order chi connectivity index (χ1) is 22.9. The molecule has 4 atom stereocenters. The fourth-order valence-corrected chi connectivity index (χ4v) is 6.65. The molecule has 0 aromatic heterocycles. The summed E-state index contributed by atoms with van der Waals surface area (Å²) in [6.45, 7) is 25.3. The van der Waals surface area contributed by atoms with Crippen molar-refractivity contribution in [3.05, 3.63) is 41.5 Å². The van der Waals surface area contributed by atoms with Gasteiger partial charge in [0.1, 0.15) is 35.2 Å². The van der Waals surface area contributed by atoms with Gasteiger partial charge in [-0.25, -0.2) is 9.59 Å². The van der Waals surface area contributed by atoms with Gasteiger partial charge in [0.05, 0.1) is 24.9 Å². The van der Waals surface area contributed by atoms with Crippen molar-refractivity contribution in [3.63, 3.8) is 0 Å². The lowest BCUT2D eigenvalue weighted by Gasteiger charge is -2.37. The van der Waals surface area contributed by atoms with E-state index in [-0.39, 0.29) is 29.5 Å². The third-order valence-corrected chi connectivity index (χ3v) is 13.4. The summed E-state index contributed by atoms with van der Waals surface area (Å²) in [7, 11) is -2.55. The predicted molar refractivity (Wildman–Crippen MR) is 194 cm³/mol. The van der Waals surface area contributed by atoms with Crippen molar-refractivity contribution in [1.82, 2.24) is 0 Å². The van der Waals surface area contributed by atoms with Crippen LogP contribution in [-0.2, 0) is 33.2 Å². The Morgan fingerprint density at radius 3 is 2.20 bits per heavy atom. The average Bonchev–Trinajstić information content (AvgIpc) is 3.45. The Bertz CT molecular complexity index is 1500. The number of hydrogen-bond acceptors (Lipinski definition) is 10. The molecular formula is C38H57NO10Si. The number of amides is 1. The van der Waals surface area contributed by atoms with E-state index in [9.17, 15) is 14.4 Å².